The lowest BCUT2D eigenvalue weighted by atomic mass is 9.94. The summed E-state index contributed by atoms with van der Waals surface area (Å²) in [7, 11) is 4.17. The van der Waals surface area contributed by atoms with E-state index in [4.69, 9.17) is 4.98 Å². The number of benzene rings is 1. The van der Waals surface area contributed by atoms with Gasteiger partial charge in [0.25, 0.3) is 0 Å². The van der Waals surface area contributed by atoms with E-state index in [0.717, 1.165) is 11.9 Å². The molecule has 0 amide bonds. The Labute approximate surface area is 116 Å². The van der Waals surface area contributed by atoms with Crippen LogP contribution in [0.25, 0.3) is 11.0 Å². The van der Waals surface area contributed by atoms with Crippen molar-refractivity contribution < 1.29 is 0 Å². The molecule has 0 aliphatic heterocycles. The normalized spacial score (nSPS) is 14.7. The highest BCUT2D eigenvalue weighted by molar-refractivity contribution is 5.75. The van der Waals surface area contributed by atoms with Crippen molar-refractivity contribution in [2.24, 2.45) is 13.0 Å². The van der Waals surface area contributed by atoms with Crippen LogP contribution in [0.3, 0.4) is 0 Å². The minimum absolute atomic E-state index is 0.496. The van der Waals surface area contributed by atoms with E-state index in [9.17, 15) is 0 Å². The van der Waals surface area contributed by atoms with Gasteiger partial charge in [0.1, 0.15) is 5.82 Å². The molecular formula is C16H25N3. The maximum Gasteiger partial charge on any atom is 0.111 e. The number of nitrogens with one attached hydrogen (secondary N) is 1. The van der Waals surface area contributed by atoms with Crippen LogP contribution in [0.1, 0.15) is 32.5 Å². The Hall–Kier alpha value is -1.35. The van der Waals surface area contributed by atoms with Gasteiger partial charge in [-0.3, -0.25) is 0 Å². The largest absolute Gasteiger partial charge is 0.331 e. The number of nitrogens with zero attached hydrogens (tertiary/aromatic N) is 2. The molecule has 3 heteroatoms. The first-order chi connectivity index (χ1) is 9.17. The average molecular weight is 259 g/mol. The topological polar surface area (TPSA) is 29.9 Å². The van der Waals surface area contributed by atoms with Crippen molar-refractivity contribution in [1.29, 1.82) is 0 Å². The van der Waals surface area contributed by atoms with E-state index in [1.165, 1.54) is 24.2 Å². The molecular weight excluding hydrogens is 234 g/mol. The SMILES string of the molecule is CCCC(C)C(Cc1nc2ccccc2n1C)NC. The van der Waals surface area contributed by atoms with E-state index in [0.29, 0.717) is 12.0 Å². The number of hydrogen-bond donors (Lipinski definition) is 1. The Morgan fingerprint density at radius 1 is 1.32 bits per heavy atom. The molecule has 1 N–H and O–H groups in total. The van der Waals surface area contributed by atoms with Crippen molar-refractivity contribution in [3.05, 3.63) is 30.1 Å². The number of fused-ring (bicyclic) bond motifs is 1. The lowest BCUT2D eigenvalue weighted by Gasteiger charge is -2.23. The maximum atomic E-state index is 4.77. The minimum Gasteiger partial charge on any atom is -0.331 e. The van der Waals surface area contributed by atoms with Crippen molar-refractivity contribution in [1.82, 2.24) is 14.9 Å². The Morgan fingerprint density at radius 3 is 2.68 bits per heavy atom. The molecule has 0 aliphatic carbocycles. The summed E-state index contributed by atoms with van der Waals surface area (Å²) in [5.41, 5.74) is 2.31. The second kappa shape index (κ2) is 6.20. The summed E-state index contributed by atoms with van der Waals surface area (Å²) < 4.78 is 2.22. The summed E-state index contributed by atoms with van der Waals surface area (Å²) in [6, 6.07) is 8.84. The molecule has 0 spiro atoms. The summed E-state index contributed by atoms with van der Waals surface area (Å²) in [5.74, 6) is 1.85. The van der Waals surface area contributed by atoms with Gasteiger partial charge < -0.3 is 9.88 Å². The maximum absolute atomic E-state index is 4.77. The third-order valence-electron chi connectivity index (χ3n) is 4.08. The van der Waals surface area contributed by atoms with Gasteiger partial charge in [-0.1, -0.05) is 32.4 Å². The first-order valence-electron chi connectivity index (χ1n) is 7.25. The number of imidazole rings is 1. The molecule has 0 saturated carbocycles. The van der Waals surface area contributed by atoms with Crippen LogP contribution in [0, 0.1) is 5.92 Å². The number of likely N-dealkylation sites (N-methyl/N-ethyl adjacent to an activating group) is 1. The van der Waals surface area contributed by atoms with Crippen LogP contribution >= 0.6 is 0 Å². The smallest absolute Gasteiger partial charge is 0.111 e. The van der Waals surface area contributed by atoms with Crippen LogP contribution in [-0.4, -0.2) is 22.6 Å². The van der Waals surface area contributed by atoms with Crippen molar-refractivity contribution in [2.45, 2.75) is 39.2 Å². The fourth-order valence-corrected chi connectivity index (χ4v) is 2.82. The average Bonchev–Trinajstić information content (AvgIpc) is 2.73. The van der Waals surface area contributed by atoms with Crippen LogP contribution in [-0.2, 0) is 13.5 Å². The molecule has 2 aromatic rings. The van der Waals surface area contributed by atoms with Crippen LogP contribution < -0.4 is 5.32 Å². The third kappa shape index (κ3) is 2.98. The predicted octanol–water partition coefficient (Wildman–Crippen LogP) is 3.14. The molecule has 0 radical (unpaired) electrons. The monoisotopic (exact) mass is 259 g/mol. The fourth-order valence-electron chi connectivity index (χ4n) is 2.82. The van der Waals surface area contributed by atoms with Crippen LogP contribution in [0.15, 0.2) is 24.3 Å². The van der Waals surface area contributed by atoms with Crippen molar-refractivity contribution in [3.63, 3.8) is 0 Å². The zero-order valence-electron chi connectivity index (χ0n) is 12.5. The Bertz CT molecular complexity index is 530. The number of aryl methyl sites for hydroxylation is 1. The van der Waals surface area contributed by atoms with Gasteiger partial charge in [0, 0.05) is 19.5 Å². The van der Waals surface area contributed by atoms with Gasteiger partial charge in [-0.05, 0) is 31.5 Å². The highest BCUT2D eigenvalue weighted by Gasteiger charge is 2.18. The zero-order valence-corrected chi connectivity index (χ0v) is 12.5. The van der Waals surface area contributed by atoms with Gasteiger partial charge in [-0.25, -0.2) is 4.98 Å². The van der Waals surface area contributed by atoms with E-state index in [-0.39, 0.29) is 0 Å². The summed E-state index contributed by atoms with van der Waals surface area (Å²) in [4.78, 5) is 4.77. The van der Waals surface area contributed by atoms with Gasteiger partial charge >= 0.3 is 0 Å². The lowest BCUT2D eigenvalue weighted by molar-refractivity contribution is 0.365. The molecule has 1 aromatic carbocycles. The Morgan fingerprint density at radius 2 is 2.05 bits per heavy atom. The van der Waals surface area contributed by atoms with E-state index in [1.807, 2.05) is 6.07 Å². The molecule has 104 valence electrons. The summed E-state index contributed by atoms with van der Waals surface area (Å²) in [6.07, 6.45) is 3.49. The van der Waals surface area contributed by atoms with Crippen LogP contribution in [0.5, 0.6) is 0 Å². The first kappa shape index (κ1) is 14.1. The molecule has 2 rings (SSSR count). The number of hydrogen-bond acceptors (Lipinski definition) is 2. The van der Waals surface area contributed by atoms with Crippen molar-refractivity contribution >= 4 is 11.0 Å². The third-order valence-corrected chi connectivity index (χ3v) is 4.08. The second-order valence-electron chi connectivity index (χ2n) is 5.44. The summed E-state index contributed by atoms with van der Waals surface area (Å²) >= 11 is 0. The fraction of sp³-hybridized carbons (Fsp3) is 0.562. The van der Waals surface area contributed by atoms with Gasteiger partial charge in [0.05, 0.1) is 11.0 Å². The molecule has 2 atom stereocenters. The van der Waals surface area contributed by atoms with Gasteiger partial charge in [0.2, 0.25) is 0 Å². The number of para-hydroxylation sites is 2. The summed E-state index contributed by atoms with van der Waals surface area (Å²) in [5, 5.41) is 3.45. The molecule has 2 unspecified atom stereocenters. The molecule has 0 aliphatic rings. The molecule has 0 saturated heterocycles. The number of rotatable bonds is 6. The molecule has 0 bridgehead atoms. The second-order valence-corrected chi connectivity index (χ2v) is 5.44. The van der Waals surface area contributed by atoms with E-state index >= 15 is 0 Å². The van der Waals surface area contributed by atoms with E-state index < -0.39 is 0 Å². The standard InChI is InChI=1S/C16H25N3/c1-5-8-12(2)14(17-3)11-16-18-13-9-6-7-10-15(13)19(16)4/h6-7,9-10,12,14,17H,5,8,11H2,1-4H3. The van der Waals surface area contributed by atoms with Gasteiger partial charge in [-0.15, -0.1) is 0 Å². The van der Waals surface area contributed by atoms with Gasteiger partial charge in [0.15, 0.2) is 0 Å². The quantitative estimate of drug-likeness (QED) is 0.863. The molecule has 1 aromatic heterocycles. The molecule has 19 heavy (non-hydrogen) atoms. The van der Waals surface area contributed by atoms with Gasteiger partial charge in [-0.2, -0.15) is 0 Å². The minimum atomic E-state index is 0.496. The van der Waals surface area contributed by atoms with Crippen molar-refractivity contribution in [2.75, 3.05) is 7.05 Å². The Balaban J connectivity index is 2.22. The highest BCUT2D eigenvalue weighted by Crippen LogP contribution is 2.18. The predicted molar refractivity (Wildman–Crippen MR) is 81.3 cm³/mol. The molecule has 1 heterocycles. The summed E-state index contributed by atoms with van der Waals surface area (Å²) in [6.45, 7) is 4.58. The van der Waals surface area contributed by atoms with E-state index in [2.05, 4.69) is 56.0 Å². The number of aromatic nitrogens is 2. The van der Waals surface area contributed by atoms with E-state index in [1.54, 1.807) is 0 Å². The van der Waals surface area contributed by atoms with Crippen molar-refractivity contribution in [3.8, 4) is 0 Å². The van der Waals surface area contributed by atoms with Crippen LogP contribution in [0.4, 0.5) is 0 Å². The molecule has 0 fully saturated rings. The highest BCUT2D eigenvalue weighted by atomic mass is 15.1. The first-order valence-corrected chi connectivity index (χ1v) is 7.25. The molecule has 3 nitrogen and oxygen atoms in total. The van der Waals surface area contributed by atoms with Crippen LogP contribution in [0.2, 0.25) is 0 Å². The lowest BCUT2D eigenvalue weighted by Crippen LogP contribution is -2.35. The Kier molecular flexibility index (Phi) is 4.59. The zero-order chi connectivity index (χ0) is 13.8.